The minimum absolute atomic E-state index is 0.284. The lowest BCUT2D eigenvalue weighted by atomic mass is 9.94. The molecule has 0 amide bonds. The van der Waals surface area contributed by atoms with Gasteiger partial charge in [-0.25, -0.2) is 4.98 Å². The molecule has 1 fully saturated rings. The van der Waals surface area contributed by atoms with E-state index < -0.39 is 0 Å². The predicted octanol–water partition coefficient (Wildman–Crippen LogP) is 3.45. The summed E-state index contributed by atoms with van der Waals surface area (Å²) < 4.78 is 5.88. The molecular weight excluding hydrogens is 224 g/mol. The van der Waals surface area contributed by atoms with Gasteiger partial charge in [0.2, 0.25) is 5.89 Å². The molecule has 1 aliphatic rings. The van der Waals surface area contributed by atoms with E-state index in [4.69, 9.17) is 4.42 Å². The van der Waals surface area contributed by atoms with Gasteiger partial charge in [0.05, 0.1) is 6.04 Å². The summed E-state index contributed by atoms with van der Waals surface area (Å²) in [6.07, 6.45) is 3.40. The normalized spacial score (nSPS) is 24.6. The highest BCUT2D eigenvalue weighted by atomic mass is 16.3. The summed E-state index contributed by atoms with van der Waals surface area (Å²) in [5.74, 6) is 1.60. The number of nitrogens with one attached hydrogen (secondary N) is 1. The van der Waals surface area contributed by atoms with E-state index in [0.717, 1.165) is 42.3 Å². The van der Waals surface area contributed by atoms with E-state index in [1.807, 2.05) is 6.07 Å². The van der Waals surface area contributed by atoms with E-state index >= 15 is 0 Å². The van der Waals surface area contributed by atoms with Gasteiger partial charge in [0.15, 0.2) is 5.58 Å². The van der Waals surface area contributed by atoms with Crippen LogP contribution in [-0.4, -0.2) is 11.5 Å². The van der Waals surface area contributed by atoms with Crippen molar-refractivity contribution in [1.29, 1.82) is 0 Å². The van der Waals surface area contributed by atoms with Crippen LogP contribution in [0.25, 0.3) is 11.1 Å². The van der Waals surface area contributed by atoms with Gasteiger partial charge in [0.25, 0.3) is 0 Å². The van der Waals surface area contributed by atoms with Crippen LogP contribution < -0.4 is 5.32 Å². The average Bonchev–Trinajstić information content (AvgIpc) is 2.81. The zero-order valence-corrected chi connectivity index (χ0v) is 11.1. The number of nitrogens with zero attached hydrogens (tertiary/aromatic N) is 1. The molecule has 1 aromatic heterocycles. The fourth-order valence-corrected chi connectivity index (χ4v) is 2.66. The molecule has 2 unspecified atom stereocenters. The van der Waals surface area contributed by atoms with Crippen LogP contribution in [0.1, 0.15) is 44.2 Å². The van der Waals surface area contributed by atoms with Crippen LogP contribution in [-0.2, 0) is 6.42 Å². The fourth-order valence-electron chi connectivity index (χ4n) is 2.66. The third-order valence-corrected chi connectivity index (χ3v) is 3.84. The number of oxazole rings is 1. The topological polar surface area (TPSA) is 38.1 Å². The average molecular weight is 244 g/mol. The molecule has 0 saturated carbocycles. The third-order valence-electron chi connectivity index (χ3n) is 3.84. The minimum Gasteiger partial charge on any atom is -0.439 e. The molecule has 1 aliphatic heterocycles. The maximum atomic E-state index is 5.88. The lowest BCUT2D eigenvalue weighted by molar-refractivity contribution is 0.287. The number of rotatable bonds is 2. The van der Waals surface area contributed by atoms with E-state index in [2.05, 4.69) is 36.3 Å². The third kappa shape index (κ3) is 2.15. The molecule has 96 valence electrons. The molecule has 1 N–H and O–H groups in total. The Morgan fingerprint density at radius 1 is 1.44 bits per heavy atom. The SMILES string of the molecule is CCc1ccc2oc(C3CC(C)CCN3)nc2c1. The molecular formula is C15H20N2O. The standard InChI is InChI=1S/C15H20N2O/c1-3-11-4-5-14-12(9-11)17-15(18-14)13-8-10(2)6-7-16-13/h4-5,9-10,13,16H,3,6-8H2,1-2H3. The summed E-state index contributed by atoms with van der Waals surface area (Å²) in [6, 6.07) is 6.57. The molecule has 2 atom stereocenters. The Morgan fingerprint density at radius 3 is 3.11 bits per heavy atom. The first-order chi connectivity index (χ1) is 8.76. The van der Waals surface area contributed by atoms with Crippen molar-refractivity contribution >= 4 is 11.1 Å². The lowest BCUT2D eigenvalue weighted by Gasteiger charge is -2.25. The van der Waals surface area contributed by atoms with Crippen molar-refractivity contribution in [2.24, 2.45) is 5.92 Å². The van der Waals surface area contributed by atoms with Crippen LogP contribution in [0.15, 0.2) is 22.6 Å². The maximum absolute atomic E-state index is 5.88. The smallest absolute Gasteiger partial charge is 0.212 e. The highest BCUT2D eigenvalue weighted by Crippen LogP contribution is 2.29. The highest BCUT2D eigenvalue weighted by Gasteiger charge is 2.24. The quantitative estimate of drug-likeness (QED) is 0.879. The molecule has 3 heteroatoms. The van der Waals surface area contributed by atoms with Crippen LogP contribution in [0.5, 0.6) is 0 Å². The largest absolute Gasteiger partial charge is 0.439 e. The van der Waals surface area contributed by atoms with Crippen molar-refractivity contribution in [3.63, 3.8) is 0 Å². The van der Waals surface area contributed by atoms with Gasteiger partial charge in [0.1, 0.15) is 5.52 Å². The molecule has 0 spiro atoms. The summed E-state index contributed by atoms with van der Waals surface area (Å²) in [7, 11) is 0. The molecule has 3 nitrogen and oxygen atoms in total. The van der Waals surface area contributed by atoms with Gasteiger partial charge in [-0.15, -0.1) is 0 Å². The van der Waals surface area contributed by atoms with E-state index in [1.54, 1.807) is 0 Å². The van der Waals surface area contributed by atoms with E-state index in [1.165, 1.54) is 12.0 Å². The second-order valence-electron chi connectivity index (χ2n) is 5.34. The van der Waals surface area contributed by atoms with E-state index in [-0.39, 0.29) is 6.04 Å². The fraction of sp³-hybridized carbons (Fsp3) is 0.533. The molecule has 2 aromatic rings. The van der Waals surface area contributed by atoms with Crippen molar-refractivity contribution < 1.29 is 4.42 Å². The van der Waals surface area contributed by atoms with Crippen molar-refractivity contribution in [2.45, 2.75) is 39.2 Å². The summed E-state index contributed by atoms with van der Waals surface area (Å²) >= 11 is 0. The number of aromatic nitrogens is 1. The summed E-state index contributed by atoms with van der Waals surface area (Å²) in [4.78, 5) is 4.65. The van der Waals surface area contributed by atoms with E-state index in [0.29, 0.717) is 0 Å². The van der Waals surface area contributed by atoms with Gasteiger partial charge >= 0.3 is 0 Å². The summed E-state index contributed by atoms with van der Waals surface area (Å²) in [6.45, 7) is 5.52. The number of hydrogen-bond acceptors (Lipinski definition) is 3. The van der Waals surface area contributed by atoms with Crippen molar-refractivity contribution in [1.82, 2.24) is 10.3 Å². The Labute approximate surface area is 108 Å². The number of piperidine rings is 1. The molecule has 1 aromatic carbocycles. The number of fused-ring (bicyclic) bond motifs is 1. The van der Waals surface area contributed by atoms with Gasteiger partial charge in [0, 0.05) is 0 Å². The minimum atomic E-state index is 0.284. The Morgan fingerprint density at radius 2 is 2.33 bits per heavy atom. The number of hydrogen-bond donors (Lipinski definition) is 1. The van der Waals surface area contributed by atoms with Gasteiger partial charge in [-0.05, 0) is 49.4 Å². The van der Waals surface area contributed by atoms with Crippen LogP contribution in [0, 0.1) is 5.92 Å². The number of benzene rings is 1. The van der Waals surface area contributed by atoms with Gasteiger partial charge in [-0.2, -0.15) is 0 Å². The van der Waals surface area contributed by atoms with Gasteiger partial charge < -0.3 is 9.73 Å². The first kappa shape index (κ1) is 11.7. The Kier molecular flexibility index (Phi) is 3.08. The molecule has 2 heterocycles. The van der Waals surface area contributed by atoms with Crippen molar-refractivity contribution in [3.05, 3.63) is 29.7 Å². The molecule has 3 rings (SSSR count). The van der Waals surface area contributed by atoms with Gasteiger partial charge in [-0.3, -0.25) is 0 Å². The Hall–Kier alpha value is -1.35. The summed E-state index contributed by atoms with van der Waals surface area (Å²) in [5, 5.41) is 3.50. The Balaban J connectivity index is 1.92. The summed E-state index contributed by atoms with van der Waals surface area (Å²) in [5.41, 5.74) is 3.21. The van der Waals surface area contributed by atoms with Gasteiger partial charge in [-0.1, -0.05) is 19.9 Å². The molecule has 0 bridgehead atoms. The van der Waals surface area contributed by atoms with Crippen molar-refractivity contribution in [3.8, 4) is 0 Å². The monoisotopic (exact) mass is 244 g/mol. The first-order valence-electron chi connectivity index (χ1n) is 6.89. The molecule has 0 radical (unpaired) electrons. The van der Waals surface area contributed by atoms with Crippen LogP contribution in [0.4, 0.5) is 0 Å². The maximum Gasteiger partial charge on any atom is 0.212 e. The number of aryl methyl sites for hydroxylation is 1. The van der Waals surface area contributed by atoms with E-state index in [9.17, 15) is 0 Å². The molecule has 18 heavy (non-hydrogen) atoms. The zero-order valence-electron chi connectivity index (χ0n) is 11.1. The van der Waals surface area contributed by atoms with Crippen LogP contribution in [0.2, 0.25) is 0 Å². The molecule has 1 saturated heterocycles. The van der Waals surface area contributed by atoms with Crippen molar-refractivity contribution in [2.75, 3.05) is 6.54 Å². The molecule has 0 aliphatic carbocycles. The second kappa shape index (κ2) is 4.73. The first-order valence-corrected chi connectivity index (χ1v) is 6.89. The lowest BCUT2D eigenvalue weighted by Crippen LogP contribution is -2.30. The van der Waals surface area contributed by atoms with Crippen LogP contribution in [0.3, 0.4) is 0 Å². The second-order valence-corrected chi connectivity index (χ2v) is 5.34. The zero-order chi connectivity index (χ0) is 12.5. The highest BCUT2D eigenvalue weighted by molar-refractivity contribution is 5.73. The van der Waals surface area contributed by atoms with Crippen LogP contribution >= 0.6 is 0 Å². The predicted molar refractivity (Wildman–Crippen MR) is 72.5 cm³/mol. The Bertz CT molecular complexity index is 546.